The number of nitrogen functional groups attached to an aromatic ring is 1. The van der Waals surface area contributed by atoms with Gasteiger partial charge in [-0.2, -0.15) is 0 Å². The summed E-state index contributed by atoms with van der Waals surface area (Å²) in [6, 6.07) is 0. The Morgan fingerprint density at radius 3 is 2.68 bits per heavy atom. The molecule has 1 fully saturated rings. The molecule has 118 valence electrons. The summed E-state index contributed by atoms with van der Waals surface area (Å²) in [5, 5.41) is 29.6. The smallest absolute Gasteiger partial charge is 0.164 e. The second-order valence-corrected chi connectivity index (χ2v) is 5.44. The van der Waals surface area contributed by atoms with Gasteiger partial charge in [-0.3, -0.25) is 0 Å². The quantitative estimate of drug-likeness (QED) is 0.414. The molecule has 3 rings (SSSR count). The first-order chi connectivity index (χ1) is 10.5. The van der Waals surface area contributed by atoms with E-state index in [-0.39, 0.29) is 10.8 Å². The number of hydrogen-bond acceptors (Lipinski definition) is 8. The van der Waals surface area contributed by atoms with Gasteiger partial charge in [0.15, 0.2) is 6.23 Å². The third kappa shape index (κ3) is 2.12. The third-order valence-corrected chi connectivity index (χ3v) is 3.92. The number of rotatable bonds is 3. The molecule has 9 nitrogen and oxygen atoms in total. The molecule has 2 aromatic heterocycles. The maximum atomic E-state index is 10.1. The van der Waals surface area contributed by atoms with E-state index in [0.717, 1.165) is 0 Å². The number of anilines is 1. The Kier molecular flexibility index (Phi) is 3.70. The zero-order valence-electron chi connectivity index (χ0n) is 11.3. The van der Waals surface area contributed by atoms with Crippen molar-refractivity contribution in [2.45, 2.75) is 24.5 Å². The van der Waals surface area contributed by atoms with E-state index in [9.17, 15) is 15.3 Å². The van der Waals surface area contributed by atoms with Gasteiger partial charge >= 0.3 is 0 Å². The van der Waals surface area contributed by atoms with E-state index >= 15 is 0 Å². The topological polar surface area (TPSA) is 153 Å². The molecule has 2 aromatic rings. The van der Waals surface area contributed by atoms with Crippen LogP contribution < -0.4 is 11.5 Å². The number of thiocarbonyl (C=S) groups is 1. The van der Waals surface area contributed by atoms with Crippen molar-refractivity contribution in [2.75, 3.05) is 12.3 Å². The molecule has 7 N–H and O–H groups in total. The molecule has 0 radical (unpaired) electrons. The molecule has 0 amide bonds. The van der Waals surface area contributed by atoms with E-state index in [1.165, 1.54) is 10.9 Å². The Labute approximate surface area is 130 Å². The Bertz CT molecular complexity index is 736. The fourth-order valence-corrected chi connectivity index (χ4v) is 2.75. The van der Waals surface area contributed by atoms with E-state index in [2.05, 4.69) is 9.97 Å². The summed E-state index contributed by atoms with van der Waals surface area (Å²) in [6.45, 7) is -0.423. The lowest BCUT2D eigenvalue weighted by atomic mass is 10.1. The van der Waals surface area contributed by atoms with E-state index < -0.39 is 31.1 Å². The van der Waals surface area contributed by atoms with Gasteiger partial charge in [-0.1, -0.05) is 12.2 Å². The number of nitrogens with zero attached hydrogens (tertiary/aromatic N) is 3. The molecule has 0 aromatic carbocycles. The molecule has 10 heteroatoms. The summed E-state index contributed by atoms with van der Waals surface area (Å²) < 4.78 is 6.97. The number of nitrogens with two attached hydrogens (primary N) is 2. The summed E-state index contributed by atoms with van der Waals surface area (Å²) in [6.07, 6.45) is -1.52. The molecule has 0 saturated carbocycles. The van der Waals surface area contributed by atoms with Gasteiger partial charge in [0.25, 0.3) is 0 Å². The monoisotopic (exact) mass is 325 g/mol. The van der Waals surface area contributed by atoms with E-state index in [0.29, 0.717) is 16.6 Å². The van der Waals surface area contributed by atoms with Gasteiger partial charge in [-0.25, -0.2) is 9.97 Å². The van der Waals surface area contributed by atoms with Gasteiger partial charge in [0.05, 0.1) is 12.0 Å². The molecule has 1 saturated heterocycles. The van der Waals surface area contributed by atoms with Gasteiger partial charge in [0.2, 0.25) is 0 Å². The van der Waals surface area contributed by atoms with Crippen LogP contribution in [-0.4, -0.2) is 59.8 Å². The second-order valence-electron chi connectivity index (χ2n) is 5.00. The predicted octanol–water partition coefficient (Wildman–Crippen LogP) is -1.74. The Hall–Kier alpha value is -1.85. The highest BCUT2D eigenvalue weighted by molar-refractivity contribution is 7.80. The van der Waals surface area contributed by atoms with Gasteiger partial charge in [0.1, 0.15) is 41.1 Å². The summed E-state index contributed by atoms with van der Waals surface area (Å²) in [4.78, 5) is 8.12. The molecular weight excluding hydrogens is 310 g/mol. The fourth-order valence-electron chi connectivity index (χ4n) is 2.60. The Balaban J connectivity index is 2.16. The number of aliphatic hydroxyl groups excluding tert-OH is 3. The van der Waals surface area contributed by atoms with Gasteiger partial charge in [-0.05, 0) is 0 Å². The first-order valence-corrected chi connectivity index (χ1v) is 6.89. The van der Waals surface area contributed by atoms with Gasteiger partial charge in [0, 0.05) is 11.8 Å². The Morgan fingerprint density at radius 2 is 2.09 bits per heavy atom. The molecule has 0 aliphatic carbocycles. The van der Waals surface area contributed by atoms with Crippen LogP contribution in [-0.2, 0) is 4.74 Å². The fraction of sp³-hybridized carbons (Fsp3) is 0.417. The first-order valence-electron chi connectivity index (χ1n) is 6.49. The summed E-state index contributed by atoms with van der Waals surface area (Å²) in [5.74, 6) is 0.193. The Morgan fingerprint density at radius 1 is 1.36 bits per heavy atom. The zero-order valence-corrected chi connectivity index (χ0v) is 12.1. The standard InChI is InChI=1S/C12H15N5O4S/c13-9-6-4(10(14)22)1-17(11(6)16-3-15-9)12-8(20)7(19)5(2-18)21-12/h1,3,5,7-8,12,18-20H,2H2,(H2,14,22)(H2,13,15,16)/t5?,7?,8-,12-/m1/s1. The molecule has 1 aliphatic heterocycles. The highest BCUT2D eigenvalue weighted by atomic mass is 32.1. The lowest BCUT2D eigenvalue weighted by Crippen LogP contribution is -2.33. The van der Waals surface area contributed by atoms with Crippen molar-refractivity contribution >= 4 is 34.1 Å². The minimum absolute atomic E-state index is 0.0944. The minimum atomic E-state index is -1.25. The van der Waals surface area contributed by atoms with E-state index in [4.69, 9.17) is 28.4 Å². The van der Waals surface area contributed by atoms with Crippen molar-refractivity contribution in [3.8, 4) is 0 Å². The molecule has 4 atom stereocenters. The van der Waals surface area contributed by atoms with Crippen molar-refractivity contribution in [1.82, 2.24) is 14.5 Å². The summed E-state index contributed by atoms with van der Waals surface area (Å²) >= 11 is 5.00. The van der Waals surface area contributed by atoms with Gasteiger partial charge < -0.3 is 36.1 Å². The normalized spacial score (nSPS) is 28.3. The second kappa shape index (κ2) is 5.41. The number of ether oxygens (including phenoxy) is 1. The summed E-state index contributed by atoms with van der Waals surface area (Å²) in [5.41, 5.74) is 12.4. The van der Waals surface area contributed by atoms with Crippen LogP contribution in [0.5, 0.6) is 0 Å². The number of aromatic nitrogens is 3. The van der Waals surface area contributed by atoms with Crippen LogP contribution in [0.15, 0.2) is 12.5 Å². The lowest BCUT2D eigenvalue weighted by molar-refractivity contribution is -0.0508. The SMILES string of the molecule is NC(=S)c1cn([C@@H]2OC(CO)C(O)[C@H]2O)c2ncnc(N)c12. The molecular formula is C12H15N5O4S. The van der Waals surface area contributed by atoms with Crippen LogP contribution in [0.25, 0.3) is 11.0 Å². The van der Waals surface area contributed by atoms with Crippen molar-refractivity contribution in [3.05, 3.63) is 18.1 Å². The first kappa shape index (κ1) is 15.1. The molecule has 0 spiro atoms. The maximum absolute atomic E-state index is 10.1. The molecule has 2 unspecified atom stereocenters. The maximum Gasteiger partial charge on any atom is 0.164 e. The van der Waals surface area contributed by atoms with Crippen molar-refractivity contribution in [3.63, 3.8) is 0 Å². The van der Waals surface area contributed by atoms with Crippen LogP contribution in [0, 0.1) is 0 Å². The average molecular weight is 325 g/mol. The lowest BCUT2D eigenvalue weighted by Gasteiger charge is -2.17. The van der Waals surface area contributed by atoms with E-state index in [1.807, 2.05) is 0 Å². The largest absolute Gasteiger partial charge is 0.394 e. The number of fused-ring (bicyclic) bond motifs is 1. The van der Waals surface area contributed by atoms with Crippen molar-refractivity contribution in [1.29, 1.82) is 0 Å². The average Bonchev–Trinajstić information content (AvgIpc) is 3.00. The number of hydrogen-bond donors (Lipinski definition) is 5. The van der Waals surface area contributed by atoms with Crippen LogP contribution in [0.3, 0.4) is 0 Å². The van der Waals surface area contributed by atoms with Crippen molar-refractivity contribution < 1.29 is 20.1 Å². The van der Waals surface area contributed by atoms with Crippen LogP contribution in [0.2, 0.25) is 0 Å². The minimum Gasteiger partial charge on any atom is -0.394 e. The number of aliphatic hydroxyl groups is 3. The van der Waals surface area contributed by atoms with Gasteiger partial charge in [-0.15, -0.1) is 0 Å². The van der Waals surface area contributed by atoms with Crippen LogP contribution in [0.4, 0.5) is 5.82 Å². The highest BCUT2D eigenvalue weighted by Crippen LogP contribution is 2.34. The molecule has 0 bridgehead atoms. The summed E-state index contributed by atoms with van der Waals surface area (Å²) in [7, 11) is 0. The molecule has 3 heterocycles. The molecule has 1 aliphatic rings. The van der Waals surface area contributed by atoms with E-state index in [1.54, 1.807) is 6.20 Å². The zero-order chi connectivity index (χ0) is 16.0. The third-order valence-electron chi connectivity index (χ3n) is 3.70. The predicted molar refractivity (Wildman–Crippen MR) is 80.8 cm³/mol. The van der Waals surface area contributed by atoms with Crippen molar-refractivity contribution in [2.24, 2.45) is 5.73 Å². The van der Waals surface area contributed by atoms with Crippen LogP contribution in [0.1, 0.15) is 11.8 Å². The van der Waals surface area contributed by atoms with Crippen LogP contribution >= 0.6 is 12.2 Å². The molecule has 22 heavy (non-hydrogen) atoms. The highest BCUT2D eigenvalue weighted by Gasteiger charge is 2.44.